The lowest BCUT2D eigenvalue weighted by molar-refractivity contribution is 0.0806. The molecule has 0 aromatic carbocycles. The van der Waals surface area contributed by atoms with Crippen molar-refractivity contribution in [2.75, 3.05) is 39.7 Å². The molecule has 0 radical (unpaired) electrons. The Morgan fingerprint density at radius 2 is 1.93 bits per heavy atom. The number of rotatable bonds is 9. The van der Waals surface area contributed by atoms with Crippen LogP contribution in [0.1, 0.15) is 10.5 Å². The monoisotopic (exact) mass is 390 g/mol. The Morgan fingerprint density at radius 3 is 2.52 bits per heavy atom. The number of hydrogen-bond acceptors (Lipinski definition) is 7. The molecule has 0 saturated carbocycles. The third-order valence-corrected chi connectivity index (χ3v) is 5.60. The molecular weight excluding hydrogens is 360 g/mol. The molecule has 0 aliphatic rings. The van der Waals surface area contributed by atoms with E-state index in [1.54, 1.807) is 15.8 Å². The Bertz CT molecular complexity index is 823. The predicted octanol–water partition coefficient (Wildman–Crippen LogP) is 2.46. The summed E-state index contributed by atoms with van der Waals surface area (Å²) < 4.78 is 7.46. The van der Waals surface area contributed by atoms with Crippen LogP contribution in [0, 0.1) is 0 Å². The maximum Gasteiger partial charge on any atom is 0.208 e. The number of fused-ring (bicyclic) bond motifs is 1. The average molecular weight is 391 g/mol. The van der Waals surface area contributed by atoms with Crippen LogP contribution in [-0.4, -0.2) is 73.3 Å². The summed E-state index contributed by atoms with van der Waals surface area (Å²) in [6.07, 6.45) is 4.70. The summed E-state index contributed by atoms with van der Waals surface area (Å²) >= 11 is 0. The zero-order valence-corrected chi connectivity index (χ0v) is 18.4. The molecule has 0 aliphatic carbocycles. The first kappa shape index (κ1) is 21.0. The van der Waals surface area contributed by atoms with Crippen molar-refractivity contribution < 1.29 is 9.53 Å². The van der Waals surface area contributed by atoms with Gasteiger partial charge in [-0.2, -0.15) is 5.10 Å². The van der Waals surface area contributed by atoms with Gasteiger partial charge in [0.1, 0.15) is 24.6 Å². The molecule has 8 nitrogen and oxygen atoms in total. The quantitative estimate of drug-likeness (QED) is 0.282. The van der Waals surface area contributed by atoms with Gasteiger partial charge in [0.15, 0.2) is 5.65 Å². The molecule has 27 heavy (non-hydrogen) atoms. The van der Waals surface area contributed by atoms with Crippen LogP contribution in [0.5, 0.6) is 0 Å². The lowest BCUT2D eigenvalue weighted by Crippen LogP contribution is -2.22. The van der Waals surface area contributed by atoms with Crippen LogP contribution >= 0.6 is 0 Å². The Morgan fingerprint density at radius 1 is 1.22 bits per heavy atom. The second-order valence-electron chi connectivity index (χ2n) is 8.13. The van der Waals surface area contributed by atoms with Crippen molar-refractivity contribution in [3.63, 3.8) is 0 Å². The minimum Gasteiger partial charge on any atom is -0.383 e. The molecule has 0 saturated heterocycles. The normalized spacial score (nSPS) is 12.1. The smallest absolute Gasteiger partial charge is 0.208 e. The Hall–Kier alpha value is -2.26. The summed E-state index contributed by atoms with van der Waals surface area (Å²) in [6, 6.07) is 1.07. The van der Waals surface area contributed by atoms with E-state index in [0.29, 0.717) is 29.2 Å². The molecule has 2 rings (SSSR count). The second-order valence-corrected chi connectivity index (χ2v) is 13.8. The molecule has 0 aliphatic heterocycles. The first-order valence-corrected chi connectivity index (χ1v) is 12.7. The lowest BCUT2D eigenvalue weighted by Gasteiger charge is -2.15. The Balaban J connectivity index is 2.38. The van der Waals surface area contributed by atoms with E-state index in [0.717, 1.165) is 6.04 Å². The predicted molar refractivity (Wildman–Crippen MR) is 111 cm³/mol. The largest absolute Gasteiger partial charge is 0.383 e. The summed E-state index contributed by atoms with van der Waals surface area (Å²) in [5.74, 6) is 0.474. The van der Waals surface area contributed by atoms with Crippen LogP contribution in [0.25, 0.3) is 11.0 Å². The van der Waals surface area contributed by atoms with Gasteiger partial charge in [0.05, 0.1) is 5.39 Å². The van der Waals surface area contributed by atoms with Crippen molar-refractivity contribution in [1.82, 2.24) is 24.6 Å². The van der Waals surface area contributed by atoms with Crippen molar-refractivity contribution in [1.29, 1.82) is 0 Å². The van der Waals surface area contributed by atoms with Gasteiger partial charge >= 0.3 is 0 Å². The topological polar surface area (TPSA) is 76.4 Å². The van der Waals surface area contributed by atoms with Gasteiger partial charge in [-0.25, -0.2) is 14.6 Å². The van der Waals surface area contributed by atoms with Gasteiger partial charge in [-0.05, 0) is 6.04 Å². The van der Waals surface area contributed by atoms with Crippen molar-refractivity contribution in [2.45, 2.75) is 32.4 Å². The molecule has 9 heteroatoms. The van der Waals surface area contributed by atoms with E-state index in [1.807, 2.05) is 33.1 Å². The van der Waals surface area contributed by atoms with Crippen LogP contribution < -0.4 is 4.90 Å². The van der Waals surface area contributed by atoms with Gasteiger partial charge in [-0.15, -0.1) is 0 Å². The Labute approximate surface area is 161 Å². The number of aromatic nitrogens is 4. The van der Waals surface area contributed by atoms with Gasteiger partial charge in [0.2, 0.25) is 5.78 Å². The fourth-order valence-corrected chi connectivity index (χ4v) is 3.18. The highest BCUT2D eigenvalue weighted by Crippen LogP contribution is 2.26. The highest BCUT2D eigenvalue weighted by Gasteiger charge is 2.22. The number of ether oxygens (including phenoxy) is 1. The van der Waals surface area contributed by atoms with Crippen molar-refractivity contribution in [3.05, 3.63) is 24.3 Å². The SMILES string of the molecule is CN(C)C=CC(=O)c1nn(COCC[Si](C)(C)C)c2ncnc(N(C)C)c12. The molecule has 0 amide bonds. The van der Waals surface area contributed by atoms with E-state index in [4.69, 9.17) is 4.74 Å². The maximum atomic E-state index is 12.7. The van der Waals surface area contributed by atoms with Crippen molar-refractivity contribution in [2.24, 2.45) is 0 Å². The third-order valence-electron chi connectivity index (χ3n) is 3.90. The standard InChI is InChI=1S/C18H30N6O2Si/c1-22(2)9-8-14(25)16-15-17(23(3)4)19-12-20-18(15)24(21-16)13-26-10-11-27(5,6)7/h8-9,12H,10-11,13H2,1-7H3. The second kappa shape index (κ2) is 8.62. The average Bonchev–Trinajstić information content (AvgIpc) is 2.94. The molecule has 0 bridgehead atoms. The third kappa shape index (κ3) is 5.60. The minimum absolute atomic E-state index is 0.188. The number of allylic oxidation sites excluding steroid dienone is 1. The molecule has 0 N–H and O–H groups in total. The summed E-state index contributed by atoms with van der Waals surface area (Å²) in [7, 11) is 6.33. The molecule has 2 aromatic rings. The van der Waals surface area contributed by atoms with Crippen LogP contribution in [0.15, 0.2) is 18.6 Å². The van der Waals surface area contributed by atoms with E-state index in [2.05, 4.69) is 34.7 Å². The number of carbonyl (C=O) groups excluding carboxylic acids is 1. The van der Waals surface area contributed by atoms with Gasteiger partial charge in [-0.1, -0.05) is 19.6 Å². The fourth-order valence-electron chi connectivity index (χ4n) is 2.42. The lowest BCUT2D eigenvalue weighted by atomic mass is 10.2. The summed E-state index contributed by atoms with van der Waals surface area (Å²) in [4.78, 5) is 25.1. The number of nitrogens with zero attached hydrogens (tertiary/aromatic N) is 6. The molecule has 0 unspecified atom stereocenters. The molecule has 148 valence electrons. The number of carbonyl (C=O) groups is 1. The molecule has 0 atom stereocenters. The molecule has 0 spiro atoms. The number of anilines is 1. The fraction of sp³-hybridized carbons (Fsp3) is 0.556. The van der Waals surface area contributed by atoms with Crippen LogP contribution in [-0.2, 0) is 11.5 Å². The highest BCUT2D eigenvalue weighted by atomic mass is 28.3. The molecule has 2 heterocycles. The highest BCUT2D eigenvalue weighted by molar-refractivity contribution is 6.76. The van der Waals surface area contributed by atoms with Gasteiger partial charge in [0, 0.05) is 55.1 Å². The van der Waals surface area contributed by atoms with Crippen LogP contribution in [0.3, 0.4) is 0 Å². The number of ketones is 1. The summed E-state index contributed by atoms with van der Waals surface area (Å²) in [6.45, 7) is 7.86. The molecule has 0 fully saturated rings. The van der Waals surface area contributed by atoms with E-state index in [1.165, 1.54) is 12.4 Å². The van der Waals surface area contributed by atoms with E-state index >= 15 is 0 Å². The van der Waals surface area contributed by atoms with Gasteiger partial charge < -0.3 is 14.5 Å². The van der Waals surface area contributed by atoms with Gasteiger partial charge in [-0.3, -0.25) is 4.79 Å². The first-order chi connectivity index (χ1) is 12.6. The zero-order valence-electron chi connectivity index (χ0n) is 17.4. The summed E-state index contributed by atoms with van der Waals surface area (Å²) in [5, 5.41) is 5.14. The van der Waals surface area contributed by atoms with Crippen LogP contribution in [0.4, 0.5) is 5.82 Å². The van der Waals surface area contributed by atoms with E-state index in [9.17, 15) is 4.79 Å². The van der Waals surface area contributed by atoms with E-state index in [-0.39, 0.29) is 12.5 Å². The van der Waals surface area contributed by atoms with Crippen molar-refractivity contribution >= 4 is 30.7 Å². The van der Waals surface area contributed by atoms with Crippen LogP contribution in [0.2, 0.25) is 25.7 Å². The minimum atomic E-state index is -1.16. The van der Waals surface area contributed by atoms with Gasteiger partial charge in [0.25, 0.3) is 0 Å². The Kier molecular flexibility index (Phi) is 6.72. The number of hydrogen-bond donors (Lipinski definition) is 0. The molecular formula is C18H30N6O2Si. The van der Waals surface area contributed by atoms with Crippen molar-refractivity contribution in [3.8, 4) is 0 Å². The van der Waals surface area contributed by atoms with E-state index < -0.39 is 8.07 Å². The molecule has 2 aromatic heterocycles. The first-order valence-electron chi connectivity index (χ1n) is 8.95. The zero-order chi connectivity index (χ0) is 20.2. The maximum absolute atomic E-state index is 12.7. The summed E-state index contributed by atoms with van der Waals surface area (Å²) in [5.41, 5.74) is 0.935.